The predicted octanol–water partition coefficient (Wildman–Crippen LogP) is 2.60. The molecule has 2 saturated heterocycles. The van der Waals surface area contributed by atoms with Gasteiger partial charge in [0.15, 0.2) is 0 Å². The lowest BCUT2D eigenvalue weighted by molar-refractivity contribution is -0.161. The summed E-state index contributed by atoms with van der Waals surface area (Å²) in [6.07, 6.45) is 12.9. The van der Waals surface area contributed by atoms with Crippen LogP contribution in [-0.2, 0) is 23.9 Å². The number of likely N-dealkylation sites (tertiary alicyclic amines) is 1. The van der Waals surface area contributed by atoms with Crippen molar-refractivity contribution in [1.82, 2.24) is 9.80 Å². The largest absolute Gasteiger partial charge is 0.465 e. The first-order valence-electron chi connectivity index (χ1n) is 13.3. The second-order valence-electron chi connectivity index (χ2n) is 10.5. The van der Waals surface area contributed by atoms with Crippen LogP contribution in [-0.4, -0.2) is 82.3 Å². The number of aliphatic hydroxyl groups excluding tert-OH is 1. The summed E-state index contributed by atoms with van der Waals surface area (Å²) in [7, 11) is 0. The van der Waals surface area contributed by atoms with E-state index >= 15 is 0 Å². The first-order valence-corrected chi connectivity index (χ1v) is 13.3. The van der Waals surface area contributed by atoms with Crippen molar-refractivity contribution >= 4 is 17.8 Å². The first kappa shape index (κ1) is 25.9. The van der Waals surface area contributed by atoms with Crippen LogP contribution in [0.4, 0.5) is 0 Å². The minimum absolute atomic E-state index is 0.0419. The Balaban J connectivity index is 1.82. The summed E-state index contributed by atoms with van der Waals surface area (Å²) in [5.41, 5.74) is -2.24. The van der Waals surface area contributed by atoms with Crippen LogP contribution in [0.3, 0.4) is 0 Å². The van der Waals surface area contributed by atoms with Gasteiger partial charge in [-0.15, -0.1) is 0 Å². The number of hydrogen-bond acceptors (Lipinski definition) is 6. The van der Waals surface area contributed by atoms with Crippen LogP contribution in [0.25, 0.3) is 0 Å². The molecule has 1 N–H and O–H groups in total. The number of esters is 1. The average molecular weight is 489 g/mol. The Kier molecular flexibility index (Phi) is 7.71. The highest BCUT2D eigenvalue weighted by Gasteiger charge is 2.75. The molecule has 2 amide bonds. The molecule has 1 spiro atoms. The van der Waals surface area contributed by atoms with Crippen LogP contribution in [0.1, 0.15) is 65.7 Å². The van der Waals surface area contributed by atoms with Gasteiger partial charge in [0.05, 0.1) is 12.5 Å². The summed E-state index contributed by atoms with van der Waals surface area (Å²) in [4.78, 5) is 45.1. The van der Waals surface area contributed by atoms with Crippen LogP contribution >= 0.6 is 0 Å². The van der Waals surface area contributed by atoms with Crippen molar-refractivity contribution in [3.05, 3.63) is 24.3 Å². The fourth-order valence-corrected chi connectivity index (χ4v) is 6.33. The minimum atomic E-state index is -1.23. The zero-order chi connectivity index (χ0) is 25.2. The number of unbranched alkanes of at least 4 members (excludes halogenated alkanes) is 2. The third-order valence-electron chi connectivity index (χ3n) is 8.09. The third kappa shape index (κ3) is 4.33. The highest BCUT2D eigenvalue weighted by atomic mass is 16.6. The van der Waals surface area contributed by atoms with Gasteiger partial charge in [0.25, 0.3) is 0 Å². The molecule has 0 bridgehead atoms. The highest BCUT2D eigenvalue weighted by Crippen LogP contribution is 2.58. The molecule has 0 aromatic carbocycles. The van der Waals surface area contributed by atoms with E-state index in [9.17, 15) is 19.5 Å². The van der Waals surface area contributed by atoms with Gasteiger partial charge in [-0.2, -0.15) is 0 Å². The van der Waals surface area contributed by atoms with E-state index in [2.05, 4.69) is 6.08 Å². The number of ether oxygens (including phenoxy) is 2. The molecule has 4 rings (SSSR count). The number of nitrogens with zero attached hydrogens (tertiary/aromatic N) is 2. The molecular formula is C27H40N2O6. The number of cyclic esters (lactones) is 1. The fraction of sp³-hybridized carbons (Fsp3) is 0.741. The smallest absolute Gasteiger partial charge is 0.313 e. The molecule has 4 aliphatic rings. The van der Waals surface area contributed by atoms with Crippen molar-refractivity contribution in [2.75, 3.05) is 26.3 Å². The van der Waals surface area contributed by atoms with Crippen molar-refractivity contribution in [3.8, 4) is 0 Å². The van der Waals surface area contributed by atoms with Crippen molar-refractivity contribution in [3.63, 3.8) is 0 Å². The van der Waals surface area contributed by atoms with Crippen molar-refractivity contribution in [2.45, 2.75) is 89.0 Å². The third-order valence-corrected chi connectivity index (χ3v) is 8.09. The van der Waals surface area contributed by atoms with E-state index in [1.54, 1.807) is 9.80 Å². The van der Waals surface area contributed by atoms with Gasteiger partial charge in [-0.25, -0.2) is 0 Å². The maximum absolute atomic E-state index is 14.1. The SMILES string of the molecule is CC[C@]12/C=C\CCCCOC(=O)[C@H]1[C@H]1C(=O)N(CCCCCO)C3C(=O)N(C(C)C)CC=C[C@@]31O2. The van der Waals surface area contributed by atoms with Crippen LogP contribution in [0, 0.1) is 11.8 Å². The zero-order valence-corrected chi connectivity index (χ0v) is 21.3. The molecule has 2 fully saturated rings. The summed E-state index contributed by atoms with van der Waals surface area (Å²) in [6.45, 7) is 7.12. The lowest BCUT2D eigenvalue weighted by Gasteiger charge is -2.39. The van der Waals surface area contributed by atoms with Crippen molar-refractivity contribution in [1.29, 1.82) is 0 Å². The molecule has 194 valence electrons. The molecule has 5 atom stereocenters. The monoisotopic (exact) mass is 488 g/mol. The topological polar surface area (TPSA) is 96.4 Å². The van der Waals surface area contributed by atoms with Gasteiger partial charge in [-0.1, -0.05) is 31.2 Å². The molecule has 0 aromatic heterocycles. The second-order valence-corrected chi connectivity index (χ2v) is 10.5. The van der Waals surface area contributed by atoms with Gasteiger partial charge in [0.1, 0.15) is 23.2 Å². The molecule has 0 saturated carbocycles. The number of carbonyl (C=O) groups excluding carboxylic acids is 3. The van der Waals surface area contributed by atoms with Gasteiger partial charge in [-0.05, 0) is 58.8 Å². The van der Waals surface area contributed by atoms with Gasteiger partial charge in [-0.3, -0.25) is 14.4 Å². The number of aliphatic hydroxyl groups is 1. The molecule has 8 heteroatoms. The maximum Gasteiger partial charge on any atom is 0.313 e. The Hall–Kier alpha value is -2.19. The van der Waals surface area contributed by atoms with E-state index in [1.807, 2.05) is 39.0 Å². The first-order chi connectivity index (χ1) is 16.8. The van der Waals surface area contributed by atoms with E-state index in [-0.39, 0.29) is 24.5 Å². The number of allylic oxidation sites excluding steroid dienone is 1. The number of rotatable bonds is 7. The Morgan fingerprint density at radius 3 is 2.57 bits per heavy atom. The summed E-state index contributed by atoms with van der Waals surface area (Å²) in [5, 5.41) is 9.18. The van der Waals surface area contributed by atoms with Crippen LogP contribution < -0.4 is 0 Å². The number of amides is 2. The molecule has 8 nitrogen and oxygen atoms in total. The van der Waals surface area contributed by atoms with Gasteiger partial charge < -0.3 is 24.4 Å². The Morgan fingerprint density at radius 1 is 1.06 bits per heavy atom. The minimum Gasteiger partial charge on any atom is -0.465 e. The lowest BCUT2D eigenvalue weighted by atomic mass is 9.73. The lowest BCUT2D eigenvalue weighted by Crippen LogP contribution is -2.57. The zero-order valence-electron chi connectivity index (χ0n) is 21.3. The number of carbonyl (C=O) groups is 3. The molecule has 4 aliphatic heterocycles. The van der Waals surface area contributed by atoms with E-state index in [0.717, 1.165) is 25.7 Å². The second kappa shape index (κ2) is 10.4. The van der Waals surface area contributed by atoms with E-state index < -0.39 is 35.0 Å². The van der Waals surface area contributed by atoms with Crippen molar-refractivity contribution in [2.24, 2.45) is 11.8 Å². The normalized spacial score (nSPS) is 36.0. The van der Waals surface area contributed by atoms with Gasteiger partial charge >= 0.3 is 5.97 Å². The Morgan fingerprint density at radius 2 is 1.86 bits per heavy atom. The fourth-order valence-electron chi connectivity index (χ4n) is 6.33. The number of hydrogen-bond donors (Lipinski definition) is 1. The summed E-state index contributed by atoms with van der Waals surface area (Å²) in [5.74, 6) is -2.42. The van der Waals surface area contributed by atoms with Gasteiger partial charge in [0, 0.05) is 25.7 Å². The summed E-state index contributed by atoms with van der Waals surface area (Å²) >= 11 is 0. The maximum atomic E-state index is 14.1. The van der Waals surface area contributed by atoms with Crippen LogP contribution in [0.15, 0.2) is 24.3 Å². The molecule has 0 aliphatic carbocycles. The van der Waals surface area contributed by atoms with E-state index in [1.165, 1.54) is 0 Å². The molecule has 4 heterocycles. The summed E-state index contributed by atoms with van der Waals surface area (Å²) in [6, 6.07) is -0.877. The van der Waals surface area contributed by atoms with E-state index in [0.29, 0.717) is 39.0 Å². The Labute approximate surface area is 208 Å². The molecular weight excluding hydrogens is 448 g/mol. The van der Waals surface area contributed by atoms with Crippen LogP contribution in [0.2, 0.25) is 0 Å². The quantitative estimate of drug-likeness (QED) is 0.336. The average Bonchev–Trinajstić information content (AvgIpc) is 3.18. The Bertz CT molecular complexity index is 885. The molecule has 0 radical (unpaired) electrons. The molecule has 1 unspecified atom stereocenters. The number of fused-ring (bicyclic) bond motifs is 2. The summed E-state index contributed by atoms with van der Waals surface area (Å²) < 4.78 is 12.6. The molecule has 35 heavy (non-hydrogen) atoms. The van der Waals surface area contributed by atoms with Gasteiger partial charge in [0.2, 0.25) is 11.8 Å². The molecule has 0 aromatic rings. The van der Waals surface area contributed by atoms with Crippen LogP contribution in [0.5, 0.6) is 0 Å². The van der Waals surface area contributed by atoms with E-state index in [4.69, 9.17) is 9.47 Å². The standard InChI is InChI=1S/C27H40N2O6/c1-4-26-13-8-5-6-11-18-34-25(33)21(26)20-23(31)29(15-9-7-10-17-30)22-24(32)28(19(2)3)16-12-14-27(20,22)35-26/h8,12-14,19-22,30H,4-7,9-11,15-18H2,1-3H3/b13-8-/t20-,21+,22?,26-,27-/m0/s1. The predicted molar refractivity (Wildman–Crippen MR) is 130 cm³/mol. The highest BCUT2D eigenvalue weighted by molar-refractivity contribution is 5.99. The van der Waals surface area contributed by atoms with Crippen molar-refractivity contribution < 1.29 is 29.0 Å².